The van der Waals surface area contributed by atoms with Gasteiger partial charge in [0.1, 0.15) is 0 Å². The highest BCUT2D eigenvalue weighted by Gasteiger charge is 2.12. The number of hydrogen-bond donors (Lipinski definition) is 1. The van der Waals surface area contributed by atoms with Gasteiger partial charge in [-0.25, -0.2) is 0 Å². The SMILES string of the molecule is SC1=NCCN1Cc1ccccc1. The maximum Gasteiger partial charge on any atom is 0.156 e. The number of thiol groups is 1. The minimum atomic E-state index is 0.865. The van der Waals surface area contributed by atoms with E-state index in [4.69, 9.17) is 0 Å². The van der Waals surface area contributed by atoms with Crippen molar-refractivity contribution in [3.05, 3.63) is 35.9 Å². The van der Waals surface area contributed by atoms with Crippen molar-refractivity contribution in [2.24, 2.45) is 4.99 Å². The van der Waals surface area contributed by atoms with Crippen LogP contribution in [0.4, 0.5) is 0 Å². The lowest BCUT2D eigenvalue weighted by molar-refractivity contribution is 0.459. The standard InChI is InChI=1S/C10H12N2S/c13-10-11-6-7-12(10)8-9-4-2-1-3-5-9/h1-5H,6-8H2,(H,11,13). The van der Waals surface area contributed by atoms with Gasteiger partial charge in [0.25, 0.3) is 0 Å². The molecular weight excluding hydrogens is 180 g/mol. The van der Waals surface area contributed by atoms with E-state index in [-0.39, 0.29) is 0 Å². The van der Waals surface area contributed by atoms with Gasteiger partial charge in [-0.15, -0.1) is 12.6 Å². The number of nitrogens with zero attached hydrogens (tertiary/aromatic N) is 2. The molecule has 1 heterocycles. The Morgan fingerprint density at radius 2 is 2.08 bits per heavy atom. The molecule has 1 aliphatic rings. The van der Waals surface area contributed by atoms with Crippen molar-refractivity contribution in [3.63, 3.8) is 0 Å². The van der Waals surface area contributed by atoms with Crippen LogP contribution < -0.4 is 0 Å². The Hall–Kier alpha value is -0.960. The zero-order valence-corrected chi connectivity index (χ0v) is 8.24. The Morgan fingerprint density at radius 3 is 2.69 bits per heavy atom. The fourth-order valence-corrected chi connectivity index (χ4v) is 1.69. The minimum absolute atomic E-state index is 0.865. The first-order valence-electron chi connectivity index (χ1n) is 4.38. The predicted octanol–water partition coefficient (Wildman–Crippen LogP) is 1.79. The molecule has 0 aromatic heterocycles. The van der Waals surface area contributed by atoms with Crippen LogP contribution in [-0.2, 0) is 6.54 Å². The Bertz CT molecular complexity index is 308. The van der Waals surface area contributed by atoms with E-state index in [1.54, 1.807) is 0 Å². The molecule has 0 radical (unpaired) electrons. The average molecular weight is 192 g/mol. The van der Waals surface area contributed by atoms with Gasteiger partial charge in [0.15, 0.2) is 5.17 Å². The van der Waals surface area contributed by atoms with Crippen molar-refractivity contribution >= 4 is 17.8 Å². The second-order valence-corrected chi connectivity index (χ2v) is 3.49. The zero-order chi connectivity index (χ0) is 9.10. The molecule has 0 bridgehead atoms. The van der Waals surface area contributed by atoms with Crippen LogP contribution in [0.1, 0.15) is 5.56 Å². The summed E-state index contributed by atoms with van der Waals surface area (Å²) in [5, 5.41) is 0.865. The average Bonchev–Trinajstić information content (AvgIpc) is 2.54. The molecule has 0 saturated heterocycles. The monoisotopic (exact) mass is 192 g/mol. The van der Waals surface area contributed by atoms with Crippen LogP contribution in [-0.4, -0.2) is 23.2 Å². The summed E-state index contributed by atoms with van der Waals surface area (Å²) in [4.78, 5) is 6.40. The third-order valence-corrected chi connectivity index (χ3v) is 2.55. The van der Waals surface area contributed by atoms with E-state index in [1.807, 2.05) is 6.07 Å². The summed E-state index contributed by atoms with van der Waals surface area (Å²) in [6, 6.07) is 10.4. The second-order valence-electron chi connectivity index (χ2n) is 3.09. The minimum Gasteiger partial charge on any atom is -0.346 e. The highest BCUT2D eigenvalue weighted by atomic mass is 32.1. The number of aliphatic imine (C=N–C) groups is 1. The van der Waals surface area contributed by atoms with E-state index in [0.29, 0.717) is 0 Å². The maximum atomic E-state index is 4.29. The smallest absolute Gasteiger partial charge is 0.156 e. The van der Waals surface area contributed by atoms with E-state index in [2.05, 4.69) is 46.8 Å². The molecule has 1 aliphatic heterocycles. The lowest BCUT2D eigenvalue weighted by atomic mass is 10.2. The maximum absolute atomic E-state index is 4.29. The molecule has 2 rings (SSSR count). The van der Waals surface area contributed by atoms with Gasteiger partial charge in [-0.3, -0.25) is 4.99 Å². The van der Waals surface area contributed by atoms with E-state index >= 15 is 0 Å². The van der Waals surface area contributed by atoms with Gasteiger partial charge < -0.3 is 4.90 Å². The fraction of sp³-hybridized carbons (Fsp3) is 0.300. The van der Waals surface area contributed by atoms with Gasteiger partial charge >= 0.3 is 0 Å². The summed E-state index contributed by atoms with van der Waals surface area (Å²) in [6.45, 7) is 2.79. The molecule has 0 atom stereocenters. The lowest BCUT2D eigenvalue weighted by Gasteiger charge is -2.16. The molecule has 0 fully saturated rings. The largest absolute Gasteiger partial charge is 0.346 e. The molecule has 0 N–H and O–H groups in total. The van der Waals surface area contributed by atoms with Crippen LogP contribution in [0.5, 0.6) is 0 Å². The Labute approximate surface area is 83.7 Å². The van der Waals surface area contributed by atoms with Gasteiger partial charge in [-0.2, -0.15) is 0 Å². The van der Waals surface area contributed by atoms with Crippen molar-refractivity contribution in [2.45, 2.75) is 6.54 Å². The lowest BCUT2D eigenvalue weighted by Crippen LogP contribution is -2.23. The third kappa shape index (κ3) is 2.04. The molecule has 2 nitrogen and oxygen atoms in total. The Balaban J connectivity index is 2.03. The van der Waals surface area contributed by atoms with E-state index in [0.717, 1.165) is 24.8 Å². The van der Waals surface area contributed by atoms with Crippen LogP contribution in [0, 0.1) is 0 Å². The summed E-state index contributed by atoms with van der Waals surface area (Å²) < 4.78 is 0. The molecule has 0 aliphatic carbocycles. The zero-order valence-electron chi connectivity index (χ0n) is 7.35. The summed E-state index contributed by atoms with van der Waals surface area (Å²) in [5.74, 6) is 0. The number of rotatable bonds is 2. The highest BCUT2D eigenvalue weighted by Crippen LogP contribution is 2.10. The quantitative estimate of drug-likeness (QED) is 0.706. The first kappa shape index (κ1) is 8.63. The fourth-order valence-electron chi connectivity index (χ4n) is 1.42. The number of hydrogen-bond acceptors (Lipinski definition) is 2. The second kappa shape index (κ2) is 3.83. The van der Waals surface area contributed by atoms with Gasteiger partial charge in [-0.05, 0) is 5.56 Å². The Morgan fingerprint density at radius 1 is 1.31 bits per heavy atom. The van der Waals surface area contributed by atoms with E-state index < -0.39 is 0 Å². The predicted molar refractivity (Wildman–Crippen MR) is 58.1 cm³/mol. The summed E-state index contributed by atoms with van der Waals surface area (Å²) in [7, 11) is 0. The van der Waals surface area contributed by atoms with Crippen molar-refractivity contribution in [1.29, 1.82) is 0 Å². The van der Waals surface area contributed by atoms with Crippen LogP contribution in [0.25, 0.3) is 0 Å². The summed E-state index contributed by atoms with van der Waals surface area (Å²) in [6.07, 6.45) is 0. The Kier molecular flexibility index (Phi) is 2.54. The molecule has 0 unspecified atom stereocenters. The van der Waals surface area contributed by atoms with E-state index in [9.17, 15) is 0 Å². The van der Waals surface area contributed by atoms with Crippen molar-refractivity contribution in [1.82, 2.24) is 4.90 Å². The first-order valence-corrected chi connectivity index (χ1v) is 4.83. The molecule has 3 heteroatoms. The van der Waals surface area contributed by atoms with Crippen LogP contribution in [0.2, 0.25) is 0 Å². The van der Waals surface area contributed by atoms with Gasteiger partial charge in [-0.1, -0.05) is 30.3 Å². The summed E-state index contributed by atoms with van der Waals surface area (Å²) >= 11 is 4.29. The van der Waals surface area contributed by atoms with Crippen LogP contribution in [0.15, 0.2) is 35.3 Å². The van der Waals surface area contributed by atoms with Gasteiger partial charge in [0, 0.05) is 13.1 Å². The normalized spacial score (nSPS) is 16.1. The van der Waals surface area contributed by atoms with Crippen LogP contribution in [0.3, 0.4) is 0 Å². The molecule has 13 heavy (non-hydrogen) atoms. The molecule has 1 aromatic rings. The van der Waals surface area contributed by atoms with Crippen molar-refractivity contribution < 1.29 is 0 Å². The highest BCUT2D eigenvalue weighted by molar-refractivity contribution is 7.96. The van der Waals surface area contributed by atoms with Gasteiger partial charge in [0.05, 0.1) is 6.54 Å². The van der Waals surface area contributed by atoms with Crippen LogP contribution >= 0.6 is 12.6 Å². The molecular formula is C10H12N2S. The van der Waals surface area contributed by atoms with Crippen molar-refractivity contribution in [2.75, 3.05) is 13.1 Å². The first-order chi connectivity index (χ1) is 6.36. The van der Waals surface area contributed by atoms with Crippen molar-refractivity contribution in [3.8, 4) is 0 Å². The molecule has 0 saturated carbocycles. The topological polar surface area (TPSA) is 15.6 Å². The molecule has 0 spiro atoms. The third-order valence-electron chi connectivity index (χ3n) is 2.12. The molecule has 0 amide bonds. The van der Waals surface area contributed by atoms with Gasteiger partial charge in [0.2, 0.25) is 0 Å². The summed E-state index contributed by atoms with van der Waals surface area (Å²) in [5.41, 5.74) is 1.31. The molecule has 68 valence electrons. The number of benzene rings is 1. The van der Waals surface area contributed by atoms with E-state index in [1.165, 1.54) is 5.56 Å². The number of amidine groups is 1. The molecule has 1 aromatic carbocycles.